The molecule has 20 heavy (non-hydrogen) atoms. The van der Waals surface area contributed by atoms with Gasteiger partial charge in [0, 0.05) is 10.0 Å². The number of hydrogen-bond donors (Lipinski definition) is 1. The highest BCUT2D eigenvalue weighted by atomic mass is 79.9. The summed E-state index contributed by atoms with van der Waals surface area (Å²) >= 11 is 3.33. The van der Waals surface area contributed by atoms with Gasteiger partial charge in [0.2, 0.25) is 0 Å². The van der Waals surface area contributed by atoms with Crippen LogP contribution in [0.5, 0.6) is 0 Å². The van der Waals surface area contributed by atoms with Crippen LogP contribution in [0.2, 0.25) is 0 Å². The van der Waals surface area contributed by atoms with Gasteiger partial charge in [0.25, 0.3) is 0 Å². The molecule has 0 aliphatic heterocycles. The first kappa shape index (κ1) is 14.5. The lowest BCUT2D eigenvalue weighted by atomic mass is 9.92. The third-order valence-electron chi connectivity index (χ3n) is 3.13. The molecule has 0 heterocycles. The fourth-order valence-corrected chi connectivity index (χ4v) is 2.28. The first-order valence-electron chi connectivity index (χ1n) is 6.12. The Balaban J connectivity index is 2.22. The molecule has 1 N–H and O–H groups in total. The largest absolute Gasteiger partial charge is 0.481 e. The van der Waals surface area contributed by atoms with Gasteiger partial charge in [0.1, 0.15) is 6.29 Å². The van der Waals surface area contributed by atoms with Crippen LogP contribution in [-0.4, -0.2) is 17.4 Å². The van der Waals surface area contributed by atoms with Gasteiger partial charge >= 0.3 is 5.97 Å². The number of aliphatic carboxylic acids is 1. The Morgan fingerprint density at radius 1 is 1.10 bits per heavy atom. The fourth-order valence-electron chi connectivity index (χ4n) is 2.01. The average molecular weight is 333 g/mol. The number of carboxylic acid groups (broad SMARTS) is 1. The zero-order valence-electron chi connectivity index (χ0n) is 10.6. The van der Waals surface area contributed by atoms with Crippen LogP contribution in [-0.2, 0) is 11.2 Å². The van der Waals surface area contributed by atoms with Gasteiger partial charge in [-0.2, -0.15) is 0 Å². The molecule has 0 aromatic heterocycles. The molecule has 0 fully saturated rings. The van der Waals surface area contributed by atoms with Crippen LogP contribution in [0, 0.1) is 0 Å². The van der Waals surface area contributed by atoms with E-state index in [4.69, 9.17) is 0 Å². The number of rotatable bonds is 5. The Bertz CT molecular complexity index is 603. The van der Waals surface area contributed by atoms with Gasteiger partial charge in [0.05, 0.1) is 5.92 Å². The topological polar surface area (TPSA) is 54.4 Å². The van der Waals surface area contributed by atoms with Gasteiger partial charge in [-0.1, -0.05) is 52.3 Å². The molecule has 2 aromatic rings. The molecular formula is C16H13BrO3. The number of hydrogen-bond acceptors (Lipinski definition) is 2. The summed E-state index contributed by atoms with van der Waals surface area (Å²) in [6, 6.07) is 14.3. The number of carbonyl (C=O) groups is 2. The summed E-state index contributed by atoms with van der Waals surface area (Å²) in [5.74, 6) is -1.45. The van der Waals surface area contributed by atoms with E-state index in [-0.39, 0.29) is 0 Å². The Kier molecular flexibility index (Phi) is 4.69. The third-order valence-corrected chi connectivity index (χ3v) is 3.65. The van der Waals surface area contributed by atoms with Crippen LogP contribution in [0.25, 0.3) is 0 Å². The van der Waals surface area contributed by atoms with Gasteiger partial charge in [0.15, 0.2) is 0 Å². The van der Waals surface area contributed by atoms with E-state index in [1.54, 1.807) is 24.3 Å². The summed E-state index contributed by atoms with van der Waals surface area (Å²) in [6.07, 6.45) is 1.17. The standard InChI is InChI=1S/C16H13BrO3/c17-14-7-5-13(6-8-14)15(16(19)20)9-11-1-3-12(10-18)4-2-11/h1-8,10,15H,9H2,(H,19,20)/t15-/m1/s1. The molecule has 0 aliphatic carbocycles. The molecule has 0 saturated heterocycles. The average Bonchev–Trinajstić information content (AvgIpc) is 2.46. The van der Waals surface area contributed by atoms with E-state index in [1.807, 2.05) is 24.3 Å². The molecule has 0 saturated carbocycles. The van der Waals surface area contributed by atoms with Crippen molar-refractivity contribution in [2.45, 2.75) is 12.3 Å². The molecule has 2 rings (SSSR count). The lowest BCUT2D eigenvalue weighted by Gasteiger charge is -2.13. The number of aldehydes is 1. The van der Waals surface area contributed by atoms with E-state index in [0.717, 1.165) is 21.9 Å². The van der Waals surface area contributed by atoms with E-state index in [2.05, 4.69) is 15.9 Å². The first-order valence-corrected chi connectivity index (χ1v) is 6.92. The number of benzene rings is 2. The minimum Gasteiger partial charge on any atom is -0.481 e. The highest BCUT2D eigenvalue weighted by molar-refractivity contribution is 9.10. The lowest BCUT2D eigenvalue weighted by molar-refractivity contribution is -0.138. The summed E-state index contributed by atoms with van der Waals surface area (Å²) in [4.78, 5) is 22.0. The van der Waals surface area contributed by atoms with Crippen LogP contribution < -0.4 is 0 Å². The molecule has 0 amide bonds. The molecular weight excluding hydrogens is 320 g/mol. The molecule has 0 radical (unpaired) electrons. The molecule has 0 bridgehead atoms. The predicted molar refractivity (Wildman–Crippen MR) is 80.1 cm³/mol. The monoisotopic (exact) mass is 332 g/mol. The maximum Gasteiger partial charge on any atom is 0.311 e. The van der Waals surface area contributed by atoms with Crippen LogP contribution in [0.4, 0.5) is 0 Å². The number of carbonyl (C=O) groups excluding carboxylic acids is 1. The van der Waals surface area contributed by atoms with Gasteiger partial charge in [-0.15, -0.1) is 0 Å². The van der Waals surface area contributed by atoms with E-state index in [9.17, 15) is 14.7 Å². The Hall–Kier alpha value is -1.94. The van der Waals surface area contributed by atoms with Crippen molar-refractivity contribution in [1.82, 2.24) is 0 Å². The van der Waals surface area contributed by atoms with Crippen molar-refractivity contribution in [2.75, 3.05) is 0 Å². The molecule has 102 valence electrons. The Morgan fingerprint density at radius 2 is 1.70 bits per heavy atom. The smallest absolute Gasteiger partial charge is 0.311 e. The van der Waals surface area contributed by atoms with Crippen molar-refractivity contribution in [2.24, 2.45) is 0 Å². The van der Waals surface area contributed by atoms with Gasteiger partial charge < -0.3 is 5.11 Å². The maximum atomic E-state index is 11.4. The van der Waals surface area contributed by atoms with Crippen molar-refractivity contribution in [3.63, 3.8) is 0 Å². The summed E-state index contributed by atoms with van der Waals surface area (Å²) in [5.41, 5.74) is 2.25. The highest BCUT2D eigenvalue weighted by Gasteiger charge is 2.20. The van der Waals surface area contributed by atoms with Crippen LogP contribution >= 0.6 is 15.9 Å². The minimum atomic E-state index is -0.855. The van der Waals surface area contributed by atoms with Gasteiger partial charge in [-0.25, -0.2) is 0 Å². The fraction of sp³-hybridized carbons (Fsp3) is 0.125. The molecule has 1 atom stereocenters. The first-order chi connectivity index (χ1) is 9.60. The second-order valence-electron chi connectivity index (χ2n) is 4.51. The molecule has 2 aromatic carbocycles. The second kappa shape index (κ2) is 6.48. The van der Waals surface area contributed by atoms with Crippen LogP contribution in [0.15, 0.2) is 53.0 Å². The van der Waals surface area contributed by atoms with Crippen LogP contribution in [0.1, 0.15) is 27.4 Å². The van der Waals surface area contributed by atoms with Crippen molar-refractivity contribution >= 4 is 28.2 Å². The summed E-state index contributed by atoms with van der Waals surface area (Å²) < 4.78 is 0.917. The quantitative estimate of drug-likeness (QED) is 0.850. The predicted octanol–water partition coefficient (Wildman–Crippen LogP) is 3.67. The maximum absolute atomic E-state index is 11.4. The number of halogens is 1. The molecule has 4 heteroatoms. The van der Waals surface area contributed by atoms with E-state index < -0.39 is 11.9 Å². The summed E-state index contributed by atoms with van der Waals surface area (Å²) in [7, 11) is 0. The third kappa shape index (κ3) is 3.54. The van der Waals surface area contributed by atoms with E-state index >= 15 is 0 Å². The molecule has 3 nitrogen and oxygen atoms in total. The van der Waals surface area contributed by atoms with Gasteiger partial charge in [-0.05, 0) is 29.7 Å². The molecule has 0 unspecified atom stereocenters. The lowest BCUT2D eigenvalue weighted by Crippen LogP contribution is -2.14. The molecule has 0 aliphatic rings. The minimum absolute atomic E-state index is 0.399. The van der Waals surface area contributed by atoms with Crippen molar-refractivity contribution in [1.29, 1.82) is 0 Å². The van der Waals surface area contributed by atoms with Crippen molar-refractivity contribution in [3.05, 3.63) is 69.7 Å². The van der Waals surface area contributed by atoms with Gasteiger partial charge in [-0.3, -0.25) is 9.59 Å². The Morgan fingerprint density at radius 3 is 2.20 bits per heavy atom. The van der Waals surface area contributed by atoms with E-state index in [0.29, 0.717) is 12.0 Å². The summed E-state index contributed by atoms with van der Waals surface area (Å²) in [5, 5.41) is 9.39. The Labute approximate surface area is 125 Å². The zero-order valence-corrected chi connectivity index (χ0v) is 12.2. The van der Waals surface area contributed by atoms with Crippen LogP contribution in [0.3, 0.4) is 0 Å². The zero-order chi connectivity index (χ0) is 14.5. The van der Waals surface area contributed by atoms with Crippen molar-refractivity contribution in [3.8, 4) is 0 Å². The second-order valence-corrected chi connectivity index (χ2v) is 5.42. The normalized spacial score (nSPS) is 11.8. The summed E-state index contributed by atoms with van der Waals surface area (Å²) in [6.45, 7) is 0. The SMILES string of the molecule is O=Cc1ccc(C[C@@H](C(=O)O)c2ccc(Br)cc2)cc1. The molecule has 0 spiro atoms. The van der Waals surface area contributed by atoms with Crippen molar-refractivity contribution < 1.29 is 14.7 Å². The number of carboxylic acids is 1. The highest BCUT2D eigenvalue weighted by Crippen LogP contribution is 2.23. The van der Waals surface area contributed by atoms with E-state index in [1.165, 1.54) is 0 Å².